The Balaban J connectivity index is 2.62. The van der Waals surface area contributed by atoms with Crippen LogP contribution in [0.2, 0.25) is 0 Å². The van der Waals surface area contributed by atoms with Crippen molar-refractivity contribution in [2.24, 2.45) is 0 Å². The summed E-state index contributed by atoms with van der Waals surface area (Å²) in [5, 5.41) is 3.31. The molecule has 4 heteroatoms. The highest BCUT2D eigenvalue weighted by atomic mass is 16.5. The van der Waals surface area contributed by atoms with E-state index in [0.717, 1.165) is 35.5 Å². The Morgan fingerprint density at radius 2 is 1.79 bits per heavy atom. The van der Waals surface area contributed by atoms with Gasteiger partial charge in [-0.2, -0.15) is 0 Å². The smallest absolute Gasteiger partial charge is 0.161 e. The standard InChI is InChI=1S/C15H19NO3/c1-9(10(2)17)15-12-8-14(19-4)13(18-3)7-11(12)5-6-16-15/h7-8,16H,5-6H2,1-4H3. The van der Waals surface area contributed by atoms with Crippen LogP contribution in [0.3, 0.4) is 0 Å². The molecule has 0 atom stereocenters. The van der Waals surface area contributed by atoms with Gasteiger partial charge in [0.1, 0.15) is 0 Å². The zero-order valence-electron chi connectivity index (χ0n) is 11.8. The number of allylic oxidation sites excluding steroid dienone is 1. The summed E-state index contributed by atoms with van der Waals surface area (Å²) in [5.41, 5.74) is 3.84. The lowest BCUT2D eigenvalue weighted by atomic mass is 9.94. The fourth-order valence-electron chi connectivity index (χ4n) is 2.29. The molecule has 1 aromatic rings. The Hall–Kier alpha value is -1.97. The summed E-state index contributed by atoms with van der Waals surface area (Å²) in [6, 6.07) is 3.92. The van der Waals surface area contributed by atoms with Crippen LogP contribution in [0.15, 0.2) is 17.7 Å². The van der Waals surface area contributed by atoms with E-state index in [1.807, 2.05) is 19.1 Å². The molecule has 0 unspecified atom stereocenters. The number of benzene rings is 1. The Morgan fingerprint density at radius 3 is 2.37 bits per heavy atom. The second kappa shape index (κ2) is 5.34. The number of Topliss-reactive ketones (excluding diaryl/α,β-unsaturated/α-hetero) is 1. The maximum absolute atomic E-state index is 11.6. The molecule has 1 heterocycles. The fourth-order valence-corrected chi connectivity index (χ4v) is 2.29. The minimum Gasteiger partial charge on any atom is -0.493 e. The summed E-state index contributed by atoms with van der Waals surface area (Å²) >= 11 is 0. The number of carbonyl (C=O) groups excluding carboxylic acids is 1. The van der Waals surface area contributed by atoms with Crippen LogP contribution in [0, 0.1) is 0 Å². The molecule has 0 saturated carbocycles. The lowest BCUT2D eigenvalue weighted by Gasteiger charge is -2.24. The van der Waals surface area contributed by atoms with Crippen molar-refractivity contribution in [2.45, 2.75) is 20.3 Å². The van der Waals surface area contributed by atoms with Crippen LogP contribution < -0.4 is 14.8 Å². The third-order valence-corrected chi connectivity index (χ3v) is 3.48. The first kappa shape index (κ1) is 13.5. The molecule has 0 saturated heterocycles. The molecule has 1 aliphatic rings. The molecule has 1 aromatic carbocycles. The minimum absolute atomic E-state index is 0.0742. The summed E-state index contributed by atoms with van der Waals surface area (Å²) in [5.74, 6) is 1.48. The molecule has 2 rings (SSSR count). The summed E-state index contributed by atoms with van der Waals surface area (Å²) < 4.78 is 10.6. The third kappa shape index (κ3) is 2.43. The number of rotatable bonds is 3. The maximum atomic E-state index is 11.6. The number of nitrogens with one attached hydrogen (secondary N) is 1. The van der Waals surface area contributed by atoms with Crippen LogP contribution in [-0.4, -0.2) is 26.5 Å². The second-order valence-electron chi connectivity index (χ2n) is 4.60. The van der Waals surface area contributed by atoms with Crippen LogP contribution in [0.4, 0.5) is 0 Å². The summed E-state index contributed by atoms with van der Waals surface area (Å²) in [4.78, 5) is 11.6. The monoisotopic (exact) mass is 261 g/mol. The molecule has 1 N–H and O–H groups in total. The first-order valence-electron chi connectivity index (χ1n) is 6.29. The first-order chi connectivity index (χ1) is 9.08. The molecule has 102 valence electrons. The number of ether oxygens (including phenoxy) is 2. The second-order valence-corrected chi connectivity index (χ2v) is 4.60. The maximum Gasteiger partial charge on any atom is 0.161 e. The molecule has 1 aliphatic heterocycles. The van der Waals surface area contributed by atoms with Crippen molar-refractivity contribution in [2.75, 3.05) is 20.8 Å². The molecule has 4 nitrogen and oxygen atoms in total. The number of fused-ring (bicyclic) bond motifs is 1. The Labute approximate surface area is 113 Å². The van der Waals surface area contributed by atoms with E-state index in [4.69, 9.17) is 9.47 Å². The van der Waals surface area contributed by atoms with Crippen LogP contribution in [-0.2, 0) is 11.2 Å². The average Bonchev–Trinajstić information content (AvgIpc) is 2.44. The van der Waals surface area contributed by atoms with Crippen molar-refractivity contribution in [3.05, 3.63) is 28.8 Å². The highest BCUT2D eigenvalue weighted by Crippen LogP contribution is 2.35. The zero-order valence-corrected chi connectivity index (χ0v) is 11.8. The lowest BCUT2D eigenvalue weighted by Crippen LogP contribution is -2.25. The Kier molecular flexibility index (Phi) is 3.79. The molecule has 0 aromatic heterocycles. The number of ketones is 1. The molecular weight excluding hydrogens is 242 g/mol. The third-order valence-electron chi connectivity index (χ3n) is 3.48. The molecule has 0 amide bonds. The number of methoxy groups -OCH3 is 2. The molecule has 0 aliphatic carbocycles. The van der Waals surface area contributed by atoms with Crippen molar-refractivity contribution in [3.8, 4) is 11.5 Å². The molecule has 0 bridgehead atoms. The molecule has 0 spiro atoms. The van der Waals surface area contributed by atoms with Gasteiger partial charge in [0, 0.05) is 23.4 Å². The highest BCUT2D eigenvalue weighted by molar-refractivity contribution is 6.00. The topological polar surface area (TPSA) is 47.6 Å². The van der Waals surface area contributed by atoms with Gasteiger partial charge >= 0.3 is 0 Å². The van der Waals surface area contributed by atoms with E-state index in [9.17, 15) is 4.79 Å². The van der Waals surface area contributed by atoms with E-state index in [2.05, 4.69) is 5.32 Å². The van der Waals surface area contributed by atoms with Crippen molar-refractivity contribution >= 4 is 11.5 Å². The molecule has 0 radical (unpaired) electrons. The SMILES string of the molecule is COc1cc2c(cc1OC)C(=C(C)C(C)=O)NCC2. The van der Waals surface area contributed by atoms with Crippen LogP contribution in [0.1, 0.15) is 25.0 Å². The van der Waals surface area contributed by atoms with Gasteiger partial charge < -0.3 is 14.8 Å². The van der Waals surface area contributed by atoms with Gasteiger partial charge in [-0.05, 0) is 38.0 Å². The Morgan fingerprint density at radius 1 is 1.16 bits per heavy atom. The number of hydrogen-bond donors (Lipinski definition) is 1. The van der Waals surface area contributed by atoms with E-state index in [1.165, 1.54) is 5.56 Å². The van der Waals surface area contributed by atoms with Gasteiger partial charge in [0.15, 0.2) is 17.3 Å². The first-order valence-corrected chi connectivity index (χ1v) is 6.29. The average molecular weight is 261 g/mol. The van der Waals surface area contributed by atoms with Crippen molar-refractivity contribution in [1.82, 2.24) is 5.32 Å². The predicted octanol–water partition coefficient (Wildman–Crippen LogP) is 2.17. The molecule has 0 fully saturated rings. The van der Waals surface area contributed by atoms with Gasteiger partial charge in [0.2, 0.25) is 0 Å². The van der Waals surface area contributed by atoms with E-state index < -0.39 is 0 Å². The van der Waals surface area contributed by atoms with Crippen LogP contribution in [0.25, 0.3) is 5.70 Å². The van der Waals surface area contributed by atoms with E-state index in [1.54, 1.807) is 21.1 Å². The van der Waals surface area contributed by atoms with Crippen LogP contribution in [0.5, 0.6) is 11.5 Å². The van der Waals surface area contributed by atoms with Gasteiger partial charge in [-0.25, -0.2) is 0 Å². The normalized spacial score (nSPS) is 16.2. The minimum atomic E-state index is 0.0742. The van der Waals surface area contributed by atoms with Gasteiger partial charge in [0.25, 0.3) is 0 Å². The predicted molar refractivity (Wildman–Crippen MR) is 74.5 cm³/mol. The van der Waals surface area contributed by atoms with Gasteiger partial charge in [0.05, 0.1) is 14.2 Å². The van der Waals surface area contributed by atoms with E-state index in [-0.39, 0.29) is 5.78 Å². The van der Waals surface area contributed by atoms with E-state index in [0.29, 0.717) is 5.75 Å². The van der Waals surface area contributed by atoms with Gasteiger partial charge in [-0.3, -0.25) is 4.79 Å². The van der Waals surface area contributed by atoms with Crippen LogP contribution >= 0.6 is 0 Å². The van der Waals surface area contributed by atoms with Crippen molar-refractivity contribution in [3.63, 3.8) is 0 Å². The number of carbonyl (C=O) groups is 1. The fraction of sp³-hybridized carbons (Fsp3) is 0.400. The van der Waals surface area contributed by atoms with Gasteiger partial charge in [-0.15, -0.1) is 0 Å². The summed E-state index contributed by atoms with van der Waals surface area (Å²) in [6.07, 6.45) is 0.907. The summed E-state index contributed by atoms with van der Waals surface area (Å²) in [6.45, 7) is 4.25. The molecular formula is C15H19NO3. The number of hydrogen-bond acceptors (Lipinski definition) is 4. The van der Waals surface area contributed by atoms with Gasteiger partial charge in [-0.1, -0.05) is 0 Å². The summed E-state index contributed by atoms with van der Waals surface area (Å²) in [7, 11) is 3.24. The Bertz CT molecular complexity index is 547. The quantitative estimate of drug-likeness (QED) is 0.847. The molecule has 19 heavy (non-hydrogen) atoms. The van der Waals surface area contributed by atoms with E-state index >= 15 is 0 Å². The lowest BCUT2D eigenvalue weighted by molar-refractivity contribution is -0.113. The zero-order chi connectivity index (χ0) is 14.0. The highest BCUT2D eigenvalue weighted by Gasteiger charge is 2.20. The van der Waals surface area contributed by atoms with Crippen molar-refractivity contribution in [1.29, 1.82) is 0 Å². The largest absolute Gasteiger partial charge is 0.493 e. The van der Waals surface area contributed by atoms with Crippen molar-refractivity contribution < 1.29 is 14.3 Å².